The summed E-state index contributed by atoms with van der Waals surface area (Å²) in [5, 5.41) is 3.28. The molecule has 0 radical (unpaired) electrons. The highest BCUT2D eigenvalue weighted by atomic mass is 16.2. The zero-order valence-corrected chi connectivity index (χ0v) is 11.1. The molecule has 0 saturated carbocycles. The molecule has 0 aromatic rings. The van der Waals surface area contributed by atoms with Crippen molar-refractivity contribution in [2.45, 2.75) is 44.7 Å². The summed E-state index contributed by atoms with van der Waals surface area (Å²) >= 11 is 0. The third kappa shape index (κ3) is 2.99. The quantitative estimate of drug-likeness (QED) is 0.784. The van der Waals surface area contributed by atoms with E-state index in [0.29, 0.717) is 6.04 Å². The molecule has 98 valence electrons. The molecule has 2 aliphatic heterocycles. The lowest BCUT2D eigenvalue weighted by Crippen LogP contribution is -2.47. The molecule has 4 heteroatoms. The van der Waals surface area contributed by atoms with Gasteiger partial charge in [-0.1, -0.05) is 6.92 Å². The molecule has 4 nitrogen and oxygen atoms in total. The summed E-state index contributed by atoms with van der Waals surface area (Å²) < 4.78 is 0. The molecule has 1 amide bonds. The van der Waals surface area contributed by atoms with Crippen molar-refractivity contribution >= 4 is 5.91 Å². The van der Waals surface area contributed by atoms with Gasteiger partial charge in [0.15, 0.2) is 0 Å². The topological polar surface area (TPSA) is 35.6 Å². The van der Waals surface area contributed by atoms with Gasteiger partial charge >= 0.3 is 0 Å². The van der Waals surface area contributed by atoms with Gasteiger partial charge < -0.3 is 10.2 Å². The number of nitrogens with one attached hydrogen (secondary N) is 1. The summed E-state index contributed by atoms with van der Waals surface area (Å²) in [7, 11) is 1.95. The maximum absolute atomic E-state index is 12.2. The second-order valence-electron chi connectivity index (χ2n) is 5.29. The summed E-state index contributed by atoms with van der Waals surface area (Å²) in [5.74, 6) is 0.283. The smallest absolute Gasteiger partial charge is 0.239 e. The van der Waals surface area contributed by atoms with Gasteiger partial charge in [0.05, 0.1) is 6.04 Å². The van der Waals surface area contributed by atoms with Gasteiger partial charge in [-0.25, -0.2) is 0 Å². The summed E-state index contributed by atoms with van der Waals surface area (Å²) in [6.07, 6.45) is 4.66. The summed E-state index contributed by atoms with van der Waals surface area (Å²) in [4.78, 5) is 16.6. The van der Waals surface area contributed by atoms with Gasteiger partial charge in [-0.05, 0) is 45.3 Å². The van der Waals surface area contributed by atoms with E-state index in [-0.39, 0.29) is 11.9 Å². The Kier molecular flexibility index (Phi) is 4.40. The highest BCUT2D eigenvalue weighted by Crippen LogP contribution is 2.18. The fourth-order valence-electron chi connectivity index (χ4n) is 3.09. The average Bonchev–Trinajstić information content (AvgIpc) is 2.98. The van der Waals surface area contributed by atoms with E-state index in [1.54, 1.807) is 0 Å². The highest BCUT2D eigenvalue weighted by Gasteiger charge is 2.29. The van der Waals surface area contributed by atoms with Crippen molar-refractivity contribution < 1.29 is 4.79 Å². The first-order chi connectivity index (χ1) is 8.22. The van der Waals surface area contributed by atoms with E-state index in [2.05, 4.69) is 17.1 Å². The number of amides is 1. The Morgan fingerprint density at radius 2 is 2.24 bits per heavy atom. The van der Waals surface area contributed by atoms with Crippen LogP contribution in [0.4, 0.5) is 0 Å². The molecule has 1 unspecified atom stereocenters. The SMILES string of the molecule is CCN1CCCC1CN(C)C(=O)[C@H]1CCCN1. The predicted molar refractivity (Wildman–Crippen MR) is 68.9 cm³/mol. The normalized spacial score (nSPS) is 29.8. The molecule has 1 N–H and O–H groups in total. The number of rotatable bonds is 4. The molecule has 0 spiro atoms. The van der Waals surface area contributed by atoms with Gasteiger partial charge in [0.25, 0.3) is 0 Å². The van der Waals surface area contributed by atoms with E-state index in [4.69, 9.17) is 0 Å². The Labute approximate surface area is 104 Å². The number of hydrogen-bond donors (Lipinski definition) is 1. The van der Waals surface area contributed by atoms with Gasteiger partial charge in [0.1, 0.15) is 0 Å². The molecule has 2 rings (SSSR count). The third-order valence-electron chi connectivity index (χ3n) is 4.12. The zero-order chi connectivity index (χ0) is 12.3. The molecule has 2 atom stereocenters. The molecule has 2 saturated heterocycles. The van der Waals surface area contributed by atoms with Crippen LogP contribution >= 0.6 is 0 Å². The van der Waals surface area contributed by atoms with E-state index in [0.717, 1.165) is 32.5 Å². The van der Waals surface area contributed by atoms with Crippen LogP contribution in [0.5, 0.6) is 0 Å². The first-order valence-electron chi connectivity index (χ1n) is 6.94. The minimum absolute atomic E-state index is 0.0801. The second-order valence-corrected chi connectivity index (χ2v) is 5.29. The van der Waals surface area contributed by atoms with E-state index in [9.17, 15) is 4.79 Å². The highest BCUT2D eigenvalue weighted by molar-refractivity contribution is 5.82. The molecular weight excluding hydrogens is 214 g/mol. The van der Waals surface area contributed by atoms with Gasteiger partial charge in [0, 0.05) is 19.6 Å². The van der Waals surface area contributed by atoms with Crippen LogP contribution in [0, 0.1) is 0 Å². The Morgan fingerprint density at radius 1 is 1.41 bits per heavy atom. The Morgan fingerprint density at radius 3 is 2.88 bits per heavy atom. The van der Waals surface area contributed by atoms with Crippen LogP contribution in [0.25, 0.3) is 0 Å². The number of likely N-dealkylation sites (N-methyl/N-ethyl adjacent to an activating group) is 2. The lowest BCUT2D eigenvalue weighted by atomic mass is 10.1. The minimum atomic E-state index is 0.0801. The van der Waals surface area contributed by atoms with Gasteiger partial charge in [-0.2, -0.15) is 0 Å². The van der Waals surface area contributed by atoms with Crippen LogP contribution in [-0.2, 0) is 4.79 Å². The Balaban J connectivity index is 1.83. The number of nitrogens with zero attached hydrogens (tertiary/aromatic N) is 2. The lowest BCUT2D eigenvalue weighted by Gasteiger charge is -2.29. The molecule has 0 aliphatic carbocycles. The van der Waals surface area contributed by atoms with Crippen LogP contribution in [0.3, 0.4) is 0 Å². The third-order valence-corrected chi connectivity index (χ3v) is 4.12. The number of carbonyl (C=O) groups excluding carboxylic acids is 1. The van der Waals surface area contributed by atoms with E-state index in [1.807, 2.05) is 11.9 Å². The number of carbonyl (C=O) groups is 1. The zero-order valence-electron chi connectivity index (χ0n) is 11.1. The van der Waals surface area contributed by atoms with Gasteiger partial charge in [-0.15, -0.1) is 0 Å². The lowest BCUT2D eigenvalue weighted by molar-refractivity contribution is -0.132. The van der Waals surface area contributed by atoms with Crippen molar-refractivity contribution in [3.05, 3.63) is 0 Å². The van der Waals surface area contributed by atoms with Crippen molar-refractivity contribution in [1.29, 1.82) is 0 Å². The van der Waals surface area contributed by atoms with Crippen molar-refractivity contribution in [2.24, 2.45) is 0 Å². The summed E-state index contributed by atoms with van der Waals surface area (Å²) in [5.41, 5.74) is 0. The van der Waals surface area contributed by atoms with Crippen LogP contribution in [0.2, 0.25) is 0 Å². The van der Waals surface area contributed by atoms with E-state index < -0.39 is 0 Å². The Bertz CT molecular complexity index is 263. The maximum Gasteiger partial charge on any atom is 0.239 e. The van der Waals surface area contributed by atoms with Crippen molar-refractivity contribution in [2.75, 3.05) is 33.2 Å². The summed E-state index contributed by atoms with van der Waals surface area (Å²) in [6.45, 7) is 6.40. The van der Waals surface area contributed by atoms with Crippen molar-refractivity contribution in [3.63, 3.8) is 0 Å². The molecular formula is C13H25N3O. The van der Waals surface area contributed by atoms with Crippen LogP contribution in [-0.4, -0.2) is 61.0 Å². The molecule has 0 aromatic heterocycles. The van der Waals surface area contributed by atoms with E-state index in [1.165, 1.54) is 19.4 Å². The first-order valence-corrected chi connectivity index (χ1v) is 6.94. The first kappa shape index (κ1) is 12.8. The molecule has 2 heterocycles. The molecule has 0 bridgehead atoms. The number of likely N-dealkylation sites (tertiary alicyclic amines) is 1. The molecule has 2 fully saturated rings. The second kappa shape index (κ2) is 5.83. The van der Waals surface area contributed by atoms with E-state index >= 15 is 0 Å². The van der Waals surface area contributed by atoms with Gasteiger partial charge in [0.2, 0.25) is 5.91 Å². The van der Waals surface area contributed by atoms with Crippen LogP contribution in [0.1, 0.15) is 32.6 Å². The maximum atomic E-state index is 12.2. The van der Waals surface area contributed by atoms with Crippen molar-refractivity contribution in [3.8, 4) is 0 Å². The summed E-state index contributed by atoms with van der Waals surface area (Å²) in [6, 6.07) is 0.659. The average molecular weight is 239 g/mol. The Hall–Kier alpha value is -0.610. The largest absolute Gasteiger partial charge is 0.343 e. The standard InChI is InChI=1S/C13H25N3O/c1-3-16-9-5-6-11(16)10-15(2)13(17)12-7-4-8-14-12/h11-12,14H,3-10H2,1-2H3/t11?,12-/m1/s1. The fourth-order valence-corrected chi connectivity index (χ4v) is 3.09. The number of hydrogen-bond acceptors (Lipinski definition) is 3. The molecule has 17 heavy (non-hydrogen) atoms. The van der Waals surface area contributed by atoms with Crippen molar-refractivity contribution in [1.82, 2.24) is 15.1 Å². The molecule has 0 aromatic carbocycles. The monoisotopic (exact) mass is 239 g/mol. The van der Waals surface area contributed by atoms with Crippen LogP contribution < -0.4 is 5.32 Å². The predicted octanol–water partition coefficient (Wildman–Crippen LogP) is 0.681. The fraction of sp³-hybridized carbons (Fsp3) is 0.923. The van der Waals surface area contributed by atoms with Gasteiger partial charge in [-0.3, -0.25) is 9.69 Å². The minimum Gasteiger partial charge on any atom is -0.343 e. The molecule has 2 aliphatic rings. The van der Waals surface area contributed by atoms with Crippen LogP contribution in [0.15, 0.2) is 0 Å².